The third-order valence-electron chi connectivity index (χ3n) is 2.32. The Labute approximate surface area is 83.1 Å². The van der Waals surface area contributed by atoms with Crippen LogP contribution in [0.3, 0.4) is 0 Å². The van der Waals surface area contributed by atoms with Gasteiger partial charge in [-0.2, -0.15) is 0 Å². The number of fused-ring (bicyclic) bond motifs is 1. The summed E-state index contributed by atoms with van der Waals surface area (Å²) in [5.74, 6) is 0. The van der Waals surface area contributed by atoms with Gasteiger partial charge in [-0.15, -0.1) is 11.3 Å². The van der Waals surface area contributed by atoms with Gasteiger partial charge in [-0.1, -0.05) is 0 Å². The molecule has 0 aromatic carbocycles. The van der Waals surface area contributed by atoms with Gasteiger partial charge in [0.15, 0.2) is 0 Å². The summed E-state index contributed by atoms with van der Waals surface area (Å²) in [6.45, 7) is 4.24. The van der Waals surface area contributed by atoms with Crippen molar-refractivity contribution in [2.75, 3.05) is 6.54 Å². The molecule has 0 radical (unpaired) electrons. The molecule has 2 heterocycles. The van der Waals surface area contributed by atoms with Crippen molar-refractivity contribution in [3.05, 3.63) is 21.4 Å². The van der Waals surface area contributed by atoms with E-state index in [1.165, 1.54) is 16.9 Å². The maximum atomic E-state index is 5.77. The van der Waals surface area contributed by atoms with E-state index in [1.54, 1.807) is 4.88 Å². The molecule has 1 aliphatic rings. The second kappa shape index (κ2) is 3.78. The maximum Gasteiger partial charge on any atom is 0.0216 e. The van der Waals surface area contributed by atoms with Crippen LogP contribution in [0.1, 0.15) is 22.2 Å². The predicted molar refractivity (Wildman–Crippen MR) is 57.1 cm³/mol. The van der Waals surface area contributed by atoms with Crippen LogP contribution in [0, 0.1) is 0 Å². The Bertz CT molecular complexity index is 268. The Hall–Kier alpha value is -0.380. The fourth-order valence-corrected chi connectivity index (χ4v) is 3.06. The second-order valence-corrected chi connectivity index (χ2v) is 4.99. The van der Waals surface area contributed by atoms with Crippen molar-refractivity contribution in [2.45, 2.75) is 32.4 Å². The molecule has 72 valence electrons. The molecule has 1 aromatic heterocycles. The zero-order valence-electron chi connectivity index (χ0n) is 7.97. The van der Waals surface area contributed by atoms with Crippen LogP contribution < -0.4 is 11.1 Å². The summed E-state index contributed by atoms with van der Waals surface area (Å²) in [6, 6.07) is 2.60. The highest BCUT2D eigenvalue weighted by Gasteiger charge is 2.12. The normalized spacial score (nSPS) is 18.3. The molecule has 0 bridgehead atoms. The van der Waals surface area contributed by atoms with Crippen molar-refractivity contribution < 1.29 is 0 Å². The van der Waals surface area contributed by atoms with E-state index in [4.69, 9.17) is 5.73 Å². The van der Waals surface area contributed by atoms with Gasteiger partial charge in [-0.3, -0.25) is 0 Å². The van der Waals surface area contributed by atoms with Crippen LogP contribution in [0.15, 0.2) is 6.07 Å². The molecular weight excluding hydrogens is 180 g/mol. The van der Waals surface area contributed by atoms with Crippen LogP contribution in [-0.4, -0.2) is 12.6 Å². The van der Waals surface area contributed by atoms with Gasteiger partial charge >= 0.3 is 0 Å². The van der Waals surface area contributed by atoms with E-state index < -0.39 is 0 Å². The van der Waals surface area contributed by atoms with Crippen molar-refractivity contribution in [3.8, 4) is 0 Å². The highest BCUT2D eigenvalue weighted by atomic mass is 32.1. The fraction of sp³-hybridized carbons (Fsp3) is 0.600. The summed E-state index contributed by atoms with van der Waals surface area (Å²) < 4.78 is 0. The topological polar surface area (TPSA) is 38.0 Å². The highest BCUT2D eigenvalue weighted by molar-refractivity contribution is 7.12. The van der Waals surface area contributed by atoms with Gasteiger partial charge in [-0.25, -0.2) is 0 Å². The average Bonchev–Trinajstić information content (AvgIpc) is 2.44. The summed E-state index contributed by atoms with van der Waals surface area (Å²) in [5.41, 5.74) is 7.27. The third kappa shape index (κ3) is 2.10. The molecule has 0 saturated heterocycles. The number of hydrogen-bond acceptors (Lipinski definition) is 3. The molecule has 13 heavy (non-hydrogen) atoms. The minimum Gasteiger partial charge on any atom is -0.328 e. The lowest BCUT2D eigenvalue weighted by Gasteiger charge is -2.10. The molecule has 1 unspecified atom stereocenters. The van der Waals surface area contributed by atoms with Crippen LogP contribution in [0.25, 0.3) is 0 Å². The number of thiophene rings is 1. The van der Waals surface area contributed by atoms with Crippen molar-refractivity contribution >= 4 is 11.3 Å². The van der Waals surface area contributed by atoms with Crippen molar-refractivity contribution in [1.29, 1.82) is 0 Å². The molecule has 0 saturated carbocycles. The SMILES string of the molecule is CC(N)Cc1cc2c(s1)CCNC2. The van der Waals surface area contributed by atoms with E-state index in [2.05, 4.69) is 18.3 Å². The van der Waals surface area contributed by atoms with Crippen molar-refractivity contribution in [1.82, 2.24) is 5.32 Å². The lowest BCUT2D eigenvalue weighted by molar-refractivity contribution is 0.652. The third-order valence-corrected chi connectivity index (χ3v) is 3.57. The van der Waals surface area contributed by atoms with Gasteiger partial charge in [0.25, 0.3) is 0 Å². The van der Waals surface area contributed by atoms with Crippen molar-refractivity contribution in [2.24, 2.45) is 5.73 Å². The largest absolute Gasteiger partial charge is 0.328 e. The fourth-order valence-electron chi connectivity index (χ4n) is 1.73. The first-order valence-corrected chi connectivity index (χ1v) is 5.64. The monoisotopic (exact) mass is 196 g/mol. The molecular formula is C10H16N2S. The van der Waals surface area contributed by atoms with Crippen LogP contribution in [-0.2, 0) is 19.4 Å². The molecule has 1 atom stereocenters. The van der Waals surface area contributed by atoms with Crippen LogP contribution in [0.5, 0.6) is 0 Å². The summed E-state index contributed by atoms with van der Waals surface area (Å²) in [7, 11) is 0. The molecule has 0 spiro atoms. The van der Waals surface area contributed by atoms with E-state index >= 15 is 0 Å². The molecule has 3 N–H and O–H groups in total. The van der Waals surface area contributed by atoms with Crippen LogP contribution >= 0.6 is 11.3 Å². The van der Waals surface area contributed by atoms with E-state index in [0.29, 0.717) is 0 Å². The van der Waals surface area contributed by atoms with E-state index in [0.717, 1.165) is 19.5 Å². The Balaban J connectivity index is 2.15. The highest BCUT2D eigenvalue weighted by Crippen LogP contribution is 2.25. The summed E-state index contributed by atoms with van der Waals surface area (Å²) in [6.07, 6.45) is 2.22. The van der Waals surface area contributed by atoms with Crippen LogP contribution in [0.2, 0.25) is 0 Å². The molecule has 3 heteroatoms. The Morgan fingerprint density at radius 1 is 1.69 bits per heavy atom. The van der Waals surface area contributed by atoms with Gasteiger partial charge in [-0.05, 0) is 31.4 Å². The van der Waals surface area contributed by atoms with Gasteiger partial charge in [0.1, 0.15) is 0 Å². The number of hydrogen-bond donors (Lipinski definition) is 2. The second-order valence-electron chi connectivity index (χ2n) is 3.77. The van der Waals surface area contributed by atoms with Gasteiger partial charge in [0, 0.05) is 28.9 Å². The number of rotatable bonds is 2. The Morgan fingerprint density at radius 3 is 3.23 bits per heavy atom. The first kappa shape index (κ1) is 9.19. The molecule has 0 fully saturated rings. The Morgan fingerprint density at radius 2 is 2.54 bits per heavy atom. The quantitative estimate of drug-likeness (QED) is 0.748. The summed E-state index contributed by atoms with van der Waals surface area (Å²) in [5, 5.41) is 3.38. The summed E-state index contributed by atoms with van der Waals surface area (Å²) in [4.78, 5) is 3.01. The zero-order valence-corrected chi connectivity index (χ0v) is 8.79. The van der Waals surface area contributed by atoms with Crippen LogP contribution in [0.4, 0.5) is 0 Å². The van der Waals surface area contributed by atoms with Gasteiger partial charge in [0.05, 0.1) is 0 Å². The Kier molecular flexibility index (Phi) is 2.67. The summed E-state index contributed by atoms with van der Waals surface area (Å²) >= 11 is 1.94. The smallest absolute Gasteiger partial charge is 0.0216 e. The zero-order chi connectivity index (χ0) is 9.26. The standard InChI is InChI=1S/C10H16N2S/c1-7(11)4-9-5-8-6-12-3-2-10(8)13-9/h5,7,12H,2-4,6,11H2,1H3. The molecule has 1 aliphatic heterocycles. The van der Waals surface area contributed by atoms with Gasteiger partial charge in [0.2, 0.25) is 0 Å². The predicted octanol–water partition coefficient (Wildman–Crippen LogP) is 1.28. The maximum absolute atomic E-state index is 5.77. The number of nitrogens with one attached hydrogen (secondary N) is 1. The lowest BCUT2D eigenvalue weighted by atomic mass is 10.1. The van der Waals surface area contributed by atoms with Crippen molar-refractivity contribution in [3.63, 3.8) is 0 Å². The number of nitrogens with two attached hydrogens (primary N) is 1. The van der Waals surface area contributed by atoms with E-state index in [1.807, 2.05) is 11.3 Å². The minimum absolute atomic E-state index is 0.285. The van der Waals surface area contributed by atoms with E-state index in [-0.39, 0.29) is 6.04 Å². The van der Waals surface area contributed by atoms with Gasteiger partial charge < -0.3 is 11.1 Å². The molecule has 0 aliphatic carbocycles. The minimum atomic E-state index is 0.285. The average molecular weight is 196 g/mol. The first-order valence-electron chi connectivity index (χ1n) is 4.82. The molecule has 0 amide bonds. The lowest BCUT2D eigenvalue weighted by Crippen LogP contribution is -2.21. The first-order chi connectivity index (χ1) is 6.25. The molecule has 2 nitrogen and oxygen atoms in total. The molecule has 1 aromatic rings. The van der Waals surface area contributed by atoms with E-state index in [9.17, 15) is 0 Å². The molecule has 2 rings (SSSR count).